The summed E-state index contributed by atoms with van der Waals surface area (Å²) in [6, 6.07) is 0.401. The van der Waals surface area contributed by atoms with Crippen molar-refractivity contribution in [1.29, 1.82) is 0 Å². The average Bonchev–Trinajstić information content (AvgIpc) is 3.35. The molecule has 2 atom stereocenters. The second-order valence-electron chi connectivity index (χ2n) is 6.26. The molecule has 0 radical (unpaired) electrons. The topological polar surface area (TPSA) is 83.1 Å². The molecule has 2 aromatic rings. The first kappa shape index (κ1) is 15.7. The summed E-state index contributed by atoms with van der Waals surface area (Å²) in [4.78, 5) is 26.5. The first-order chi connectivity index (χ1) is 11.8. The Morgan fingerprint density at radius 2 is 2.29 bits per heavy atom. The average molecular weight is 347 g/mol. The van der Waals surface area contributed by atoms with Crippen molar-refractivity contribution in [2.24, 2.45) is 0 Å². The predicted octanol–water partition coefficient (Wildman–Crippen LogP) is 1.52. The van der Waals surface area contributed by atoms with Crippen LogP contribution in [0.15, 0.2) is 17.9 Å². The van der Waals surface area contributed by atoms with Gasteiger partial charge in [0.1, 0.15) is 10.7 Å². The SMILES string of the molecule is O=C(NC1CCOCC1N1CCCC1)c1csc(-c2cnc[nH]2)n1. The van der Waals surface area contributed by atoms with Gasteiger partial charge in [-0.2, -0.15) is 0 Å². The summed E-state index contributed by atoms with van der Waals surface area (Å²) in [5.74, 6) is -0.104. The molecule has 7 nitrogen and oxygen atoms in total. The van der Waals surface area contributed by atoms with Crippen LogP contribution in [0, 0.1) is 0 Å². The van der Waals surface area contributed by atoms with Gasteiger partial charge in [-0.25, -0.2) is 9.97 Å². The normalized spacial score (nSPS) is 25.0. The molecule has 2 saturated heterocycles. The second-order valence-corrected chi connectivity index (χ2v) is 7.12. The van der Waals surface area contributed by atoms with Gasteiger partial charge < -0.3 is 15.0 Å². The highest BCUT2D eigenvalue weighted by Gasteiger charge is 2.33. The maximum Gasteiger partial charge on any atom is 0.271 e. The fourth-order valence-electron chi connectivity index (χ4n) is 3.44. The summed E-state index contributed by atoms with van der Waals surface area (Å²) in [5.41, 5.74) is 1.30. The van der Waals surface area contributed by atoms with Gasteiger partial charge >= 0.3 is 0 Å². The largest absolute Gasteiger partial charge is 0.380 e. The van der Waals surface area contributed by atoms with Crippen LogP contribution in [0.5, 0.6) is 0 Å². The Hall–Kier alpha value is -1.77. The molecule has 0 saturated carbocycles. The monoisotopic (exact) mass is 347 g/mol. The van der Waals surface area contributed by atoms with Crippen molar-refractivity contribution in [3.05, 3.63) is 23.6 Å². The lowest BCUT2D eigenvalue weighted by Crippen LogP contribution is -2.56. The van der Waals surface area contributed by atoms with E-state index in [1.54, 1.807) is 17.9 Å². The Morgan fingerprint density at radius 1 is 1.42 bits per heavy atom. The number of nitrogens with zero attached hydrogens (tertiary/aromatic N) is 3. The van der Waals surface area contributed by atoms with Crippen LogP contribution < -0.4 is 5.32 Å². The fraction of sp³-hybridized carbons (Fsp3) is 0.562. The van der Waals surface area contributed by atoms with Gasteiger partial charge in [-0.15, -0.1) is 11.3 Å². The smallest absolute Gasteiger partial charge is 0.271 e. The second kappa shape index (κ2) is 7.00. The van der Waals surface area contributed by atoms with E-state index in [1.807, 2.05) is 0 Å². The van der Waals surface area contributed by atoms with Crippen LogP contribution in [0.1, 0.15) is 29.8 Å². The zero-order valence-corrected chi connectivity index (χ0v) is 14.2. The molecule has 0 bridgehead atoms. The molecule has 2 aliphatic rings. The van der Waals surface area contributed by atoms with E-state index in [9.17, 15) is 4.79 Å². The van der Waals surface area contributed by atoms with Gasteiger partial charge in [0.2, 0.25) is 0 Å². The van der Waals surface area contributed by atoms with E-state index in [0.717, 1.165) is 30.2 Å². The Morgan fingerprint density at radius 3 is 3.08 bits per heavy atom. The summed E-state index contributed by atoms with van der Waals surface area (Å²) in [7, 11) is 0. The number of ether oxygens (including phenoxy) is 1. The summed E-state index contributed by atoms with van der Waals surface area (Å²) < 4.78 is 5.65. The summed E-state index contributed by atoms with van der Waals surface area (Å²) in [6.45, 7) is 3.59. The van der Waals surface area contributed by atoms with E-state index >= 15 is 0 Å². The van der Waals surface area contributed by atoms with Crippen molar-refractivity contribution in [3.63, 3.8) is 0 Å². The number of aromatic amines is 1. The quantitative estimate of drug-likeness (QED) is 0.876. The van der Waals surface area contributed by atoms with Gasteiger partial charge in [0.05, 0.1) is 30.9 Å². The Bertz CT molecular complexity index is 680. The van der Waals surface area contributed by atoms with Crippen molar-refractivity contribution in [2.45, 2.75) is 31.3 Å². The van der Waals surface area contributed by atoms with Crippen LogP contribution >= 0.6 is 11.3 Å². The zero-order chi connectivity index (χ0) is 16.4. The molecule has 2 N–H and O–H groups in total. The molecule has 24 heavy (non-hydrogen) atoms. The molecule has 0 spiro atoms. The van der Waals surface area contributed by atoms with E-state index < -0.39 is 0 Å². The number of likely N-dealkylation sites (tertiary alicyclic amines) is 1. The Labute approximate surface area is 144 Å². The minimum atomic E-state index is -0.104. The van der Waals surface area contributed by atoms with Gasteiger partial charge in [0.25, 0.3) is 5.91 Å². The van der Waals surface area contributed by atoms with Crippen LogP contribution in [-0.2, 0) is 4.74 Å². The molecule has 1 amide bonds. The minimum Gasteiger partial charge on any atom is -0.380 e. The molecule has 2 fully saturated rings. The first-order valence-electron chi connectivity index (χ1n) is 8.38. The van der Waals surface area contributed by atoms with Gasteiger partial charge in [-0.05, 0) is 32.4 Å². The number of hydrogen-bond donors (Lipinski definition) is 2. The van der Waals surface area contributed by atoms with Crippen LogP contribution in [-0.4, -0.2) is 64.1 Å². The van der Waals surface area contributed by atoms with Crippen LogP contribution in [0.4, 0.5) is 0 Å². The highest BCUT2D eigenvalue weighted by Crippen LogP contribution is 2.23. The van der Waals surface area contributed by atoms with E-state index in [1.165, 1.54) is 24.2 Å². The molecular formula is C16H21N5O2S. The molecule has 2 aliphatic heterocycles. The third-order valence-corrected chi connectivity index (χ3v) is 5.59. The van der Waals surface area contributed by atoms with Crippen LogP contribution in [0.25, 0.3) is 10.7 Å². The molecule has 2 aromatic heterocycles. The Balaban J connectivity index is 1.44. The molecule has 0 aromatic carbocycles. The van der Waals surface area contributed by atoms with Crippen LogP contribution in [0.2, 0.25) is 0 Å². The van der Waals surface area contributed by atoms with Gasteiger partial charge in [0.15, 0.2) is 0 Å². The summed E-state index contributed by atoms with van der Waals surface area (Å²) in [6.07, 6.45) is 6.64. The van der Waals surface area contributed by atoms with E-state index in [0.29, 0.717) is 18.9 Å². The number of imidazole rings is 1. The van der Waals surface area contributed by atoms with Crippen molar-refractivity contribution in [2.75, 3.05) is 26.3 Å². The number of H-pyrrole nitrogens is 1. The Kier molecular flexibility index (Phi) is 4.59. The van der Waals surface area contributed by atoms with E-state index in [-0.39, 0.29) is 18.0 Å². The minimum absolute atomic E-state index is 0.104. The number of nitrogens with one attached hydrogen (secondary N) is 2. The molecule has 8 heteroatoms. The number of amides is 1. The fourth-order valence-corrected chi connectivity index (χ4v) is 4.21. The molecule has 4 rings (SSSR count). The van der Waals surface area contributed by atoms with E-state index in [2.05, 4.69) is 25.2 Å². The van der Waals surface area contributed by atoms with Gasteiger partial charge in [-0.3, -0.25) is 9.69 Å². The molecular weight excluding hydrogens is 326 g/mol. The number of hydrogen-bond acceptors (Lipinski definition) is 6. The lowest BCUT2D eigenvalue weighted by Gasteiger charge is -2.37. The maximum absolute atomic E-state index is 12.6. The number of thiazole rings is 1. The van der Waals surface area contributed by atoms with E-state index in [4.69, 9.17) is 4.74 Å². The summed E-state index contributed by atoms with van der Waals surface area (Å²) >= 11 is 1.45. The maximum atomic E-state index is 12.6. The molecule has 128 valence electrons. The highest BCUT2D eigenvalue weighted by molar-refractivity contribution is 7.13. The lowest BCUT2D eigenvalue weighted by molar-refractivity contribution is 0.00572. The van der Waals surface area contributed by atoms with Crippen molar-refractivity contribution in [1.82, 2.24) is 25.2 Å². The third kappa shape index (κ3) is 3.22. The number of carbonyl (C=O) groups is 1. The highest BCUT2D eigenvalue weighted by atomic mass is 32.1. The standard InChI is InChI=1S/C16H21N5O2S/c22-15(13-9-24-16(20-13)12-7-17-10-18-12)19-11-3-6-23-8-14(11)21-4-1-2-5-21/h7,9-11,14H,1-6,8H2,(H,17,18)(H,19,22). The first-order valence-corrected chi connectivity index (χ1v) is 9.26. The predicted molar refractivity (Wildman–Crippen MR) is 91.0 cm³/mol. The molecule has 4 heterocycles. The number of rotatable bonds is 4. The van der Waals surface area contributed by atoms with Crippen molar-refractivity contribution >= 4 is 17.2 Å². The zero-order valence-electron chi connectivity index (χ0n) is 13.4. The summed E-state index contributed by atoms with van der Waals surface area (Å²) in [5, 5.41) is 5.76. The third-order valence-electron chi connectivity index (χ3n) is 4.72. The number of carbonyl (C=O) groups excluding carboxylic acids is 1. The van der Waals surface area contributed by atoms with Gasteiger partial charge in [0, 0.05) is 18.0 Å². The van der Waals surface area contributed by atoms with Crippen LogP contribution in [0.3, 0.4) is 0 Å². The van der Waals surface area contributed by atoms with Gasteiger partial charge in [-0.1, -0.05) is 0 Å². The van der Waals surface area contributed by atoms with Crippen molar-refractivity contribution < 1.29 is 9.53 Å². The molecule has 0 aliphatic carbocycles. The lowest BCUT2D eigenvalue weighted by atomic mass is 10.0. The van der Waals surface area contributed by atoms with Crippen molar-refractivity contribution in [3.8, 4) is 10.7 Å². The number of aromatic nitrogens is 3. The molecule has 2 unspecified atom stereocenters.